The summed E-state index contributed by atoms with van der Waals surface area (Å²) in [5, 5.41) is 0. The van der Waals surface area contributed by atoms with Crippen molar-refractivity contribution in [2.45, 2.75) is 6.42 Å². The summed E-state index contributed by atoms with van der Waals surface area (Å²) < 4.78 is 0. The molecule has 0 aromatic heterocycles. The van der Waals surface area contributed by atoms with Crippen LogP contribution in [0.25, 0.3) is 6.08 Å². The van der Waals surface area contributed by atoms with Crippen molar-refractivity contribution in [3.63, 3.8) is 0 Å². The smallest absolute Gasteiger partial charge is 0.0266 e. The van der Waals surface area contributed by atoms with E-state index in [1.165, 1.54) is 11.1 Å². The Hall–Kier alpha value is -1.63. The van der Waals surface area contributed by atoms with E-state index in [0.29, 0.717) is 0 Å². The number of benzene rings is 1. The van der Waals surface area contributed by atoms with Crippen molar-refractivity contribution >= 4 is 12.3 Å². The van der Waals surface area contributed by atoms with E-state index < -0.39 is 0 Å². The fourth-order valence-electron chi connectivity index (χ4n) is 1.30. The van der Waals surface area contributed by atoms with Crippen LogP contribution in [0.15, 0.2) is 53.2 Å². The van der Waals surface area contributed by atoms with Crippen LogP contribution < -0.4 is 0 Å². The zero-order valence-electron chi connectivity index (χ0n) is 7.35. The molecule has 2 rings (SSSR count). The predicted molar refractivity (Wildman–Crippen MR) is 56.7 cm³/mol. The number of nitrogens with zero attached hydrogens (tertiary/aromatic N) is 1. The molecule has 0 N–H and O–H groups in total. The molecule has 0 radical (unpaired) electrons. The molecule has 1 heterocycles. The van der Waals surface area contributed by atoms with Crippen molar-refractivity contribution in [1.29, 1.82) is 0 Å². The van der Waals surface area contributed by atoms with Gasteiger partial charge in [-0.1, -0.05) is 36.4 Å². The lowest BCUT2D eigenvalue weighted by atomic mass is 10.1. The van der Waals surface area contributed by atoms with Crippen molar-refractivity contribution in [2.75, 3.05) is 0 Å². The summed E-state index contributed by atoms with van der Waals surface area (Å²) in [5.74, 6) is 0. The molecule has 0 fully saturated rings. The van der Waals surface area contributed by atoms with E-state index in [-0.39, 0.29) is 0 Å². The second kappa shape index (κ2) is 3.85. The maximum absolute atomic E-state index is 4.02. The SMILES string of the molecule is C1=CC(=Cc2ccccc2)CC=N1. The third kappa shape index (κ3) is 2.15. The highest BCUT2D eigenvalue weighted by molar-refractivity contribution is 5.70. The van der Waals surface area contributed by atoms with Gasteiger partial charge >= 0.3 is 0 Å². The average Bonchev–Trinajstić information content (AvgIpc) is 2.21. The minimum atomic E-state index is 0.936. The Kier molecular flexibility index (Phi) is 2.37. The highest BCUT2D eigenvalue weighted by atomic mass is 14.7. The molecule has 1 aliphatic rings. The van der Waals surface area contributed by atoms with E-state index >= 15 is 0 Å². The van der Waals surface area contributed by atoms with Gasteiger partial charge in [0.1, 0.15) is 0 Å². The third-order valence-electron chi connectivity index (χ3n) is 1.96. The molecule has 0 spiro atoms. The third-order valence-corrected chi connectivity index (χ3v) is 1.96. The molecule has 1 aliphatic heterocycles. The Balaban J connectivity index is 2.21. The lowest BCUT2D eigenvalue weighted by molar-refractivity contribution is 1.33. The normalized spacial score (nSPS) is 18.0. The van der Waals surface area contributed by atoms with Crippen LogP contribution >= 0.6 is 0 Å². The Morgan fingerprint density at radius 1 is 1.15 bits per heavy atom. The molecular formula is C12H11N. The van der Waals surface area contributed by atoms with Gasteiger partial charge in [-0.05, 0) is 17.2 Å². The van der Waals surface area contributed by atoms with Crippen molar-refractivity contribution < 1.29 is 0 Å². The van der Waals surface area contributed by atoms with E-state index in [1.807, 2.05) is 36.7 Å². The van der Waals surface area contributed by atoms with Crippen molar-refractivity contribution in [1.82, 2.24) is 0 Å². The van der Waals surface area contributed by atoms with Gasteiger partial charge in [0, 0.05) is 18.8 Å². The Morgan fingerprint density at radius 2 is 2.00 bits per heavy atom. The summed E-state index contributed by atoms with van der Waals surface area (Å²) in [5.41, 5.74) is 2.55. The highest BCUT2D eigenvalue weighted by Crippen LogP contribution is 2.12. The van der Waals surface area contributed by atoms with E-state index in [4.69, 9.17) is 0 Å². The molecule has 1 aromatic carbocycles. The van der Waals surface area contributed by atoms with Gasteiger partial charge < -0.3 is 0 Å². The monoisotopic (exact) mass is 169 g/mol. The first-order valence-electron chi connectivity index (χ1n) is 4.39. The molecule has 13 heavy (non-hydrogen) atoms. The molecular weight excluding hydrogens is 158 g/mol. The second-order valence-electron chi connectivity index (χ2n) is 2.98. The van der Waals surface area contributed by atoms with E-state index in [0.717, 1.165) is 6.42 Å². The molecule has 64 valence electrons. The van der Waals surface area contributed by atoms with Crippen molar-refractivity contribution in [2.24, 2.45) is 4.99 Å². The fraction of sp³-hybridized carbons (Fsp3) is 0.0833. The van der Waals surface area contributed by atoms with Gasteiger partial charge in [-0.25, -0.2) is 0 Å². The minimum Gasteiger partial charge on any atom is -0.269 e. The van der Waals surface area contributed by atoms with Crippen LogP contribution in [-0.4, -0.2) is 6.21 Å². The standard InChI is InChI=1S/C12H11N/c1-2-4-11(5-3-1)10-12-6-8-13-9-7-12/h1-6,8-10H,7H2. The number of aliphatic imine (C=N–C) groups is 1. The van der Waals surface area contributed by atoms with Gasteiger partial charge in [0.05, 0.1) is 0 Å². The maximum atomic E-state index is 4.02. The molecule has 0 aliphatic carbocycles. The molecule has 0 bridgehead atoms. The van der Waals surface area contributed by atoms with Crippen LogP contribution in [0.3, 0.4) is 0 Å². The van der Waals surface area contributed by atoms with Crippen molar-refractivity contribution in [3.05, 3.63) is 53.7 Å². The number of allylic oxidation sites excluding steroid dienone is 2. The number of rotatable bonds is 1. The lowest BCUT2D eigenvalue weighted by Crippen LogP contribution is -1.85. The average molecular weight is 169 g/mol. The van der Waals surface area contributed by atoms with Gasteiger partial charge in [-0.3, -0.25) is 4.99 Å². The van der Waals surface area contributed by atoms with Crippen LogP contribution in [0.1, 0.15) is 12.0 Å². The Labute approximate surface area is 78.1 Å². The van der Waals surface area contributed by atoms with Crippen LogP contribution in [0.5, 0.6) is 0 Å². The van der Waals surface area contributed by atoms with Gasteiger partial charge in [0.15, 0.2) is 0 Å². The number of hydrogen-bond acceptors (Lipinski definition) is 1. The summed E-state index contributed by atoms with van der Waals surface area (Å²) in [7, 11) is 0. The highest BCUT2D eigenvalue weighted by Gasteiger charge is 1.94. The van der Waals surface area contributed by atoms with Crippen LogP contribution in [0, 0.1) is 0 Å². The topological polar surface area (TPSA) is 12.4 Å². The molecule has 0 saturated heterocycles. The van der Waals surface area contributed by atoms with E-state index in [2.05, 4.69) is 23.2 Å². The summed E-state index contributed by atoms with van der Waals surface area (Å²) in [6.07, 6.45) is 8.92. The Morgan fingerprint density at radius 3 is 2.69 bits per heavy atom. The van der Waals surface area contributed by atoms with Gasteiger partial charge in [-0.2, -0.15) is 0 Å². The van der Waals surface area contributed by atoms with Crippen LogP contribution in [0.2, 0.25) is 0 Å². The van der Waals surface area contributed by atoms with Gasteiger partial charge in [-0.15, -0.1) is 0 Å². The summed E-state index contributed by atoms with van der Waals surface area (Å²) in [4.78, 5) is 4.02. The first-order chi connectivity index (χ1) is 6.45. The zero-order valence-corrected chi connectivity index (χ0v) is 7.35. The molecule has 0 amide bonds. The predicted octanol–water partition coefficient (Wildman–Crippen LogP) is 3.06. The summed E-state index contributed by atoms with van der Waals surface area (Å²) in [6.45, 7) is 0. The maximum Gasteiger partial charge on any atom is 0.0266 e. The molecule has 1 aromatic rings. The van der Waals surface area contributed by atoms with Gasteiger partial charge in [0.25, 0.3) is 0 Å². The summed E-state index contributed by atoms with van der Waals surface area (Å²) in [6, 6.07) is 10.3. The van der Waals surface area contributed by atoms with Crippen LogP contribution in [0.4, 0.5) is 0 Å². The quantitative estimate of drug-likeness (QED) is 0.612. The van der Waals surface area contributed by atoms with E-state index in [1.54, 1.807) is 0 Å². The Bertz CT molecular complexity index is 358. The van der Waals surface area contributed by atoms with Crippen molar-refractivity contribution in [3.8, 4) is 0 Å². The van der Waals surface area contributed by atoms with Gasteiger partial charge in [0.2, 0.25) is 0 Å². The number of hydrogen-bond donors (Lipinski definition) is 0. The molecule has 0 atom stereocenters. The second-order valence-corrected chi connectivity index (χ2v) is 2.98. The molecule has 0 unspecified atom stereocenters. The molecule has 1 nitrogen and oxygen atoms in total. The largest absolute Gasteiger partial charge is 0.269 e. The zero-order chi connectivity index (χ0) is 8.93. The molecule has 0 saturated carbocycles. The molecule has 1 heteroatoms. The first kappa shape index (κ1) is 7.99. The fourth-order valence-corrected chi connectivity index (χ4v) is 1.30. The summed E-state index contributed by atoms with van der Waals surface area (Å²) >= 11 is 0. The lowest BCUT2D eigenvalue weighted by Gasteiger charge is -2.00. The van der Waals surface area contributed by atoms with E-state index in [9.17, 15) is 0 Å². The van der Waals surface area contributed by atoms with Crippen LogP contribution in [-0.2, 0) is 0 Å². The first-order valence-corrected chi connectivity index (χ1v) is 4.39. The minimum absolute atomic E-state index is 0.936.